The van der Waals surface area contributed by atoms with Crippen LogP contribution in [0.25, 0.3) is 0 Å². The highest BCUT2D eigenvalue weighted by Gasteiger charge is 2.08. The van der Waals surface area contributed by atoms with Crippen LogP contribution in [0.4, 0.5) is 21.8 Å². The van der Waals surface area contributed by atoms with Crippen LogP contribution in [0.1, 0.15) is 12.0 Å². The van der Waals surface area contributed by atoms with Gasteiger partial charge in [-0.2, -0.15) is 10.2 Å². The maximum absolute atomic E-state index is 13.2. The zero-order chi connectivity index (χ0) is 16.7. The van der Waals surface area contributed by atoms with Crippen molar-refractivity contribution in [2.45, 2.75) is 6.42 Å². The van der Waals surface area contributed by atoms with Crippen LogP contribution in [-0.2, 0) is 4.74 Å². The molecule has 6 nitrogen and oxygen atoms in total. The number of hydrogen-bond donors (Lipinski definition) is 2. The highest BCUT2D eigenvalue weighted by Crippen LogP contribution is 2.22. The third-order valence-corrected chi connectivity index (χ3v) is 3.19. The van der Waals surface area contributed by atoms with Gasteiger partial charge in [0.1, 0.15) is 23.3 Å². The molecule has 0 unspecified atom stereocenters. The highest BCUT2D eigenvalue weighted by atomic mass is 35.5. The van der Waals surface area contributed by atoms with Crippen LogP contribution in [-0.4, -0.2) is 30.2 Å². The molecule has 0 bridgehead atoms. The first kappa shape index (κ1) is 16.9. The second-order valence-electron chi connectivity index (χ2n) is 4.59. The average molecular weight is 336 g/mol. The Kier molecular flexibility index (Phi) is 6.09. The second kappa shape index (κ2) is 8.27. The number of methoxy groups -OCH3 is 1. The molecule has 0 spiro atoms. The monoisotopic (exact) mass is 335 g/mol. The van der Waals surface area contributed by atoms with Gasteiger partial charge in [0.15, 0.2) is 0 Å². The fraction of sp³-hybridized carbons (Fsp3) is 0.267. The molecule has 0 aliphatic heterocycles. The molecule has 0 saturated carbocycles. The molecule has 0 amide bonds. The van der Waals surface area contributed by atoms with Gasteiger partial charge in [-0.15, -0.1) is 0 Å². The molecule has 0 fully saturated rings. The third kappa shape index (κ3) is 4.77. The number of anilines is 3. The Morgan fingerprint density at radius 1 is 1.43 bits per heavy atom. The van der Waals surface area contributed by atoms with Crippen LogP contribution >= 0.6 is 11.6 Å². The molecule has 0 aliphatic carbocycles. The van der Waals surface area contributed by atoms with Gasteiger partial charge in [-0.25, -0.2) is 9.37 Å². The van der Waals surface area contributed by atoms with E-state index in [2.05, 4.69) is 20.6 Å². The fourth-order valence-corrected chi connectivity index (χ4v) is 1.97. The normalized spacial score (nSPS) is 10.2. The zero-order valence-electron chi connectivity index (χ0n) is 12.4. The first-order chi connectivity index (χ1) is 11.1. The molecule has 120 valence electrons. The SMILES string of the molecule is COCCCNc1nc(Nc2ccc(F)c(Cl)c2)ncc1C#N. The summed E-state index contributed by atoms with van der Waals surface area (Å²) in [5.41, 5.74) is 0.886. The summed E-state index contributed by atoms with van der Waals surface area (Å²) >= 11 is 5.73. The Balaban J connectivity index is 2.13. The maximum Gasteiger partial charge on any atom is 0.229 e. The van der Waals surface area contributed by atoms with E-state index in [1.165, 1.54) is 24.4 Å². The van der Waals surface area contributed by atoms with Gasteiger partial charge in [0.05, 0.1) is 11.2 Å². The lowest BCUT2D eigenvalue weighted by atomic mass is 10.3. The molecular formula is C15H15ClFN5O. The molecule has 2 aromatic rings. The predicted molar refractivity (Wildman–Crippen MR) is 86.4 cm³/mol. The van der Waals surface area contributed by atoms with E-state index >= 15 is 0 Å². The number of benzene rings is 1. The minimum absolute atomic E-state index is 0.00144. The lowest BCUT2D eigenvalue weighted by Crippen LogP contribution is -2.09. The average Bonchev–Trinajstić information content (AvgIpc) is 2.55. The number of nitrogens with zero attached hydrogens (tertiary/aromatic N) is 3. The van der Waals surface area contributed by atoms with Crippen molar-refractivity contribution >= 4 is 29.1 Å². The van der Waals surface area contributed by atoms with E-state index in [4.69, 9.17) is 21.6 Å². The van der Waals surface area contributed by atoms with Crippen molar-refractivity contribution in [2.24, 2.45) is 0 Å². The van der Waals surface area contributed by atoms with Crippen molar-refractivity contribution < 1.29 is 9.13 Å². The van der Waals surface area contributed by atoms with Crippen LogP contribution in [0, 0.1) is 17.1 Å². The first-order valence-corrected chi connectivity index (χ1v) is 7.24. The van der Waals surface area contributed by atoms with Crippen molar-refractivity contribution in [3.63, 3.8) is 0 Å². The standard InChI is InChI=1S/C15H15ClFN5O/c1-23-6-2-5-19-14-10(8-18)9-20-15(22-14)21-11-3-4-13(17)12(16)7-11/h3-4,7,9H,2,5-6H2,1H3,(H2,19,20,21,22). The Bertz CT molecular complexity index is 719. The van der Waals surface area contributed by atoms with E-state index in [1.807, 2.05) is 6.07 Å². The fourth-order valence-electron chi connectivity index (χ4n) is 1.78. The Morgan fingerprint density at radius 2 is 2.26 bits per heavy atom. The van der Waals surface area contributed by atoms with Gasteiger partial charge < -0.3 is 15.4 Å². The molecule has 1 aromatic carbocycles. The number of ether oxygens (including phenoxy) is 1. The van der Waals surface area contributed by atoms with Crippen LogP contribution in [0.3, 0.4) is 0 Å². The zero-order valence-corrected chi connectivity index (χ0v) is 13.2. The van der Waals surface area contributed by atoms with Gasteiger partial charge in [-0.05, 0) is 24.6 Å². The lowest BCUT2D eigenvalue weighted by molar-refractivity contribution is 0.198. The lowest BCUT2D eigenvalue weighted by Gasteiger charge is -2.10. The van der Waals surface area contributed by atoms with Crippen LogP contribution in [0.5, 0.6) is 0 Å². The predicted octanol–water partition coefficient (Wildman–Crippen LogP) is 3.33. The topological polar surface area (TPSA) is 82.9 Å². The van der Waals surface area contributed by atoms with E-state index in [1.54, 1.807) is 7.11 Å². The van der Waals surface area contributed by atoms with Gasteiger partial charge in [0, 0.05) is 25.9 Å². The molecular weight excluding hydrogens is 321 g/mol. The maximum atomic E-state index is 13.2. The van der Waals surface area contributed by atoms with Crippen molar-refractivity contribution in [1.82, 2.24) is 9.97 Å². The molecule has 0 saturated heterocycles. The Morgan fingerprint density at radius 3 is 2.96 bits per heavy atom. The van der Waals surface area contributed by atoms with Gasteiger partial charge in [-0.3, -0.25) is 0 Å². The number of aromatic nitrogens is 2. The summed E-state index contributed by atoms with van der Waals surface area (Å²) in [7, 11) is 1.63. The van der Waals surface area contributed by atoms with Gasteiger partial charge >= 0.3 is 0 Å². The van der Waals surface area contributed by atoms with Gasteiger partial charge in [-0.1, -0.05) is 11.6 Å². The van der Waals surface area contributed by atoms with E-state index in [0.717, 1.165) is 6.42 Å². The van der Waals surface area contributed by atoms with Crippen LogP contribution in [0.15, 0.2) is 24.4 Å². The summed E-state index contributed by atoms with van der Waals surface area (Å²) in [6, 6.07) is 6.23. The summed E-state index contributed by atoms with van der Waals surface area (Å²) in [6.45, 7) is 1.22. The summed E-state index contributed by atoms with van der Waals surface area (Å²) in [6.07, 6.45) is 2.20. The largest absolute Gasteiger partial charge is 0.385 e. The van der Waals surface area contributed by atoms with Gasteiger partial charge in [0.25, 0.3) is 0 Å². The van der Waals surface area contributed by atoms with Crippen molar-refractivity contribution in [2.75, 3.05) is 30.9 Å². The van der Waals surface area contributed by atoms with E-state index < -0.39 is 5.82 Å². The number of nitrogens with one attached hydrogen (secondary N) is 2. The van der Waals surface area contributed by atoms with Crippen LogP contribution in [0.2, 0.25) is 5.02 Å². The Hall–Kier alpha value is -2.43. The summed E-state index contributed by atoms with van der Waals surface area (Å²) in [4.78, 5) is 8.31. The molecule has 8 heteroatoms. The van der Waals surface area contributed by atoms with Crippen molar-refractivity contribution in [1.29, 1.82) is 5.26 Å². The third-order valence-electron chi connectivity index (χ3n) is 2.90. The number of rotatable bonds is 7. The minimum atomic E-state index is -0.501. The van der Waals surface area contributed by atoms with Crippen molar-refractivity contribution in [3.8, 4) is 6.07 Å². The summed E-state index contributed by atoms with van der Waals surface area (Å²) in [5, 5.41) is 15.1. The summed E-state index contributed by atoms with van der Waals surface area (Å²) in [5.74, 6) is 0.202. The first-order valence-electron chi connectivity index (χ1n) is 6.86. The molecule has 2 N–H and O–H groups in total. The quantitative estimate of drug-likeness (QED) is 0.755. The van der Waals surface area contributed by atoms with Crippen LogP contribution < -0.4 is 10.6 Å². The van der Waals surface area contributed by atoms with Crippen molar-refractivity contribution in [3.05, 3.63) is 40.8 Å². The molecule has 1 aromatic heterocycles. The van der Waals surface area contributed by atoms with E-state index in [-0.39, 0.29) is 11.0 Å². The van der Waals surface area contributed by atoms with E-state index in [9.17, 15) is 4.39 Å². The smallest absolute Gasteiger partial charge is 0.229 e. The molecule has 0 radical (unpaired) electrons. The minimum Gasteiger partial charge on any atom is -0.385 e. The Labute approximate surface area is 138 Å². The molecule has 23 heavy (non-hydrogen) atoms. The molecule has 0 aliphatic rings. The number of nitriles is 1. The summed E-state index contributed by atoms with van der Waals surface area (Å²) < 4.78 is 18.1. The molecule has 2 rings (SSSR count). The number of hydrogen-bond acceptors (Lipinski definition) is 6. The number of halogens is 2. The molecule has 0 atom stereocenters. The highest BCUT2D eigenvalue weighted by molar-refractivity contribution is 6.31. The van der Waals surface area contributed by atoms with E-state index in [0.29, 0.717) is 30.2 Å². The second-order valence-corrected chi connectivity index (χ2v) is 5.00. The van der Waals surface area contributed by atoms with Gasteiger partial charge in [0.2, 0.25) is 5.95 Å². The molecule has 1 heterocycles.